The van der Waals surface area contributed by atoms with Gasteiger partial charge in [-0.15, -0.1) is 11.3 Å². The van der Waals surface area contributed by atoms with Gasteiger partial charge in [0.1, 0.15) is 10.6 Å². The van der Waals surface area contributed by atoms with Gasteiger partial charge in [0.2, 0.25) is 0 Å². The van der Waals surface area contributed by atoms with Crippen LogP contribution >= 0.6 is 11.3 Å². The number of hydrogen-bond donors (Lipinski definition) is 2. The Hall–Kier alpha value is -1.70. The van der Waals surface area contributed by atoms with Gasteiger partial charge in [0, 0.05) is 10.9 Å². The maximum Gasteiger partial charge on any atom is 0.387 e. The lowest BCUT2D eigenvalue weighted by molar-refractivity contribution is -0.141. The largest absolute Gasteiger partial charge is 0.481 e. The van der Waals surface area contributed by atoms with Crippen LogP contribution in [-0.2, 0) is 4.79 Å². The summed E-state index contributed by atoms with van der Waals surface area (Å²) >= 11 is 1.07. The van der Waals surface area contributed by atoms with E-state index in [-0.39, 0.29) is 16.7 Å². The Balaban J connectivity index is 2.02. The number of rotatable bonds is 5. The summed E-state index contributed by atoms with van der Waals surface area (Å²) in [6.45, 7) is -1.30. The molecule has 1 saturated carbocycles. The van der Waals surface area contributed by atoms with Crippen molar-refractivity contribution in [3.63, 3.8) is 0 Å². The number of carbonyl (C=O) groups is 2. The molecule has 0 unspecified atom stereocenters. The highest BCUT2D eigenvalue weighted by Crippen LogP contribution is 2.31. The van der Waals surface area contributed by atoms with Crippen LogP contribution < -0.4 is 10.1 Å². The molecular weight excluding hydrogens is 304 g/mol. The van der Waals surface area contributed by atoms with E-state index in [9.17, 15) is 18.4 Å². The summed E-state index contributed by atoms with van der Waals surface area (Å²) in [5, 5.41) is 11.6. The molecule has 2 N–H and O–H groups in total. The molecule has 0 bridgehead atoms. The third-order valence-corrected chi connectivity index (χ3v) is 4.39. The molecule has 8 heteroatoms. The number of amides is 1. The number of halogens is 2. The van der Waals surface area contributed by atoms with E-state index < -0.39 is 24.4 Å². The van der Waals surface area contributed by atoms with Crippen LogP contribution in [0.4, 0.5) is 8.78 Å². The molecular formula is C13H15F2NO4S. The topological polar surface area (TPSA) is 75.6 Å². The number of carboxylic acids is 1. The zero-order valence-electron chi connectivity index (χ0n) is 11.3. The zero-order valence-corrected chi connectivity index (χ0v) is 12.1. The molecule has 1 aliphatic carbocycles. The van der Waals surface area contributed by atoms with Crippen molar-refractivity contribution in [3.8, 4) is 5.75 Å². The van der Waals surface area contributed by atoms with Crippen LogP contribution in [0.2, 0.25) is 0 Å². The first-order chi connectivity index (χ1) is 9.86. The van der Waals surface area contributed by atoms with E-state index in [0.29, 0.717) is 24.1 Å². The van der Waals surface area contributed by atoms with Gasteiger partial charge in [-0.05, 0) is 32.3 Å². The zero-order chi connectivity index (χ0) is 15.6. The van der Waals surface area contributed by atoms with Gasteiger partial charge in [0.15, 0.2) is 0 Å². The highest BCUT2D eigenvalue weighted by atomic mass is 32.1. The Bertz CT molecular complexity index is 546. The predicted octanol–water partition coefficient (Wildman–Crippen LogP) is 2.64. The van der Waals surface area contributed by atoms with Gasteiger partial charge in [-0.25, -0.2) is 0 Å². The van der Waals surface area contributed by atoms with Crippen molar-refractivity contribution in [1.29, 1.82) is 0 Å². The molecule has 1 amide bonds. The molecule has 5 nitrogen and oxygen atoms in total. The number of carboxylic acid groups (broad SMARTS) is 1. The van der Waals surface area contributed by atoms with Gasteiger partial charge in [0.25, 0.3) is 5.91 Å². The fourth-order valence-corrected chi connectivity index (χ4v) is 3.27. The molecule has 0 saturated heterocycles. The van der Waals surface area contributed by atoms with Crippen molar-refractivity contribution >= 4 is 23.2 Å². The molecule has 0 spiro atoms. The van der Waals surface area contributed by atoms with Crippen LogP contribution in [0, 0.1) is 12.8 Å². The van der Waals surface area contributed by atoms with Gasteiger partial charge in [0.05, 0.1) is 5.92 Å². The summed E-state index contributed by atoms with van der Waals surface area (Å²) in [6.07, 6.45) is 1.43. The summed E-state index contributed by atoms with van der Waals surface area (Å²) < 4.78 is 28.9. The van der Waals surface area contributed by atoms with E-state index in [1.165, 1.54) is 6.07 Å². The number of carbonyl (C=O) groups excluding carboxylic acids is 1. The Morgan fingerprint density at radius 1 is 1.48 bits per heavy atom. The van der Waals surface area contributed by atoms with Crippen LogP contribution in [-0.4, -0.2) is 29.6 Å². The minimum atomic E-state index is -2.99. The van der Waals surface area contributed by atoms with E-state index >= 15 is 0 Å². The van der Waals surface area contributed by atoms with Gasteiger partial charge in [-0.3, -0.25) is 9.59 Å². The molecule has 1 aromatic heterocycles. The van der Waals surface area contributed by atoms with E-state index in [4.69, 9.17) is 5.11 Å². The minimum absolute atomic E-state index is 0.0894. The van der Waals surface area contributed by atoms with Crippen LogP contribution in [0.25, 0.3) is 0 Å². The van der Waals surface area contributed by atoms with E-state index in [1.807, 2.05) is 0 Å². The first kappa shape index (κ1) is 15.7. The molecule has 1 heterocycles. The Labute approximate surface area is 123 Å². The van der Waals surface area contributed by atoms with E-state index in [0.717, 1.165) is 11.3 Å². The number of thiophene rings is 1. The van der Waals surface area contributed by atoms with Gasteiger partial charge < -0.3 is 15.2 Å². The lowest BCUT2D eigenvalue weighted by atomic mass is 10.1. The Morgan fingerprint density at radius 3 is 2.76 bits per heavy atom. The second-order valence-electron chi connectivity index (χ2n) is 4.95. The number of aliphatic carboxylic acids is 1. The van der Waals surface area contributed by atoms with E-state index in [2.05, 4.69) is 10.1 Å². The molecule has 1 aromatic rings. The monoisotopic (exact) mass is 319 g/mol. The van der Waals surface area contributed by atoms with Crippen LogP contribution in [0.3, 0.4) is 0 Å². The number of hydrogen-bond acceptors (Lipinski definition) is 4. The van der Waals surface area contributed by atoms with Crippen molar-refractivity contribution in [2.24, 2.45) is 5.92 Å². The molecule has 0 aliphatic heterocycles. The highest BCUT2D eigenvalue weighted by Gasteiger charge is 2.31. The Kier molecular flexibility index (Phi) is 4.76. The van der Waals surface area contributed by atoms with Crippen molar-refractivity contribution < 1.29 is 28.2 Å². The van der Waals surface area contributed by atoms with Crippen molar-refractivity contribution in [2.45, 2.75) is 38.8 Å². The van der Waals surface area contributed by atoms with Crippen molar-refractivity contribution in [2.75, 3.05) is 0 Å². The number of ether oxygens (including phenoxy) is 1. The molecule has 0 radical (unpaired) electrons. The summed E-state index contributed by atoms with van der Waals surface area (Å²) in [5.74, 6) is -1.98. The van der Waals surface area contributed by atoms with Gasteiger partial charge >= 0.3 is 12.6 Å². The molecule has 2 atom stereocenters. The molecule has 116 valence electrons. The molecule has 0 aromatic carbocycles. The maximum absolute atomic E-state index is 12.3. The third-order valence-electron chi connectivity index (χ3n) is 3.36. The summed E-state index contributed by atoms with van der Waals surface area (Å²) in [4.78, 5) is 23.8. The standard InChI is InChI=1S/C13H15F2NO4S/c1-6-4-9(20-13(14)15)10(21-6)11(17)16-8-3-2-7(5-8)12(18)19/h4,7-8,13H,2-3,5H2,1H3,(H,16,17)(H,18,19)/t7-,8+/m0/s1. The Morgan fingerprint density at radius 2 is 2.19 bits per heavy atom. The first-order valence-electron chi connectivity index (χ1n) is 6.45. The van der Waals surface area contributed by atoms with Crippen LogP contribution in [0.15, 0.2) is 6.07 Å². The van der Waals surface area contributed by atoms with Gasteiger partial charge in [-0.1, -0.05) is 0 Å². The SMILES string of the molecule is Cc1cc(OC(F)F)c(C(=O)N[C@@H]2CC[C@H](C(=O)O)C2)s1. The maximum atomic E-state index is 12.3. The lowest BCUT2D eigenvalue weighted by Crippen LogP contribution is -2.33. The second-order valence-corrected chi connectivity index (χ2v) is 6.20. The molecule has 21 heavy (non-hydrogen) atoms. The summed E-state index contributed by atoms with van der Waals surface area (Å²) in [5.41, 5.74) is 0. The smallest absolute Gasteiger partial charge is 0.387 e. The number of aryl methyl sites for hydroxylation is 1. The van der Waals surface area contributed by atoms with Crippen LogP contribution in [0.1, 0.15) is 33.8 Å². The van der Waals surface area contributed by atoms with Crippen molar-refractivity contribution in [1.82, 2.24) is 5.32 Å². The van der Waals surface area contributed by atoms with Crippen LogP contribution in [0.5, 0.6) is 5.75 Å². The summed E-state index contributed by atoms with van der Waals surface area (Å²) in [7, 11) is 0. The summed E-state index contributed by atoms with van der Waals surface area (Å²) in [6, 6.07) is 1.14. The number of alkyl halides is 2. The molecule has 2 rings (SSSR count). The highest BCUT2D eigenvalue weighted by molar-refractivity contribution is 7.14. The molecule has 1 fully saturated rings. The normalized spacial score (nSPS) is 21.5. The lowest BCUT2D eigenvalue weighted by Gasteiger charge is -2.12. The third kappa shape index (κ3) is 3.90. The molecule has 1 aliphatic rings. The van der Waals surface area contributed by atoms with E-state index in [1.54, 1.807) is 6.92 Å². The second kappa shape index (κ2) is 6.38. The average Bonchev–Trinajstić information content (AvgIpc) is 2.95. The number of nitrogens with one attached hydrogen (secondary N) is 1. The fourth-order valence-electron chi connectivity index (χ4n) is 2.42. The average molecular weight is 319 g/mol. The predicted molar refractivity (Wildman–Crippen MR) is 71.9 cm³/mol. The fraction of sp³-hybridized carbons (Fsp3) is 0.538. The van der Waals surface area contributed by atoms with Crippen molar-refractivity contribution in [3.05, 3.63) is 15.8 Å². The van der Waals surface area contributed by atoms with Gasteiger partial charge in [-0.2, -0.15) is 8.78 Å². The quantitative estimate of drug-likeness (QED) is 0.875. The first-order valence-corrected chi connectivity index (χ1v) is 7.27. The minimum Gasteiger partial charge on any atom is -0.481 e.